The molecule has 2 unspecified atom stereocenters. The number of nitrogens with zero attached hydrogens (tertiary/aromatic N) is 1. The van der Waals surface area contributed by atoms with Gasteiger partial charge in [0.25, 0.3) is 0 Å². The van der Waals surface area contributed by atoms with E-state index in [0.29, 0.717) is 6.04 Å². The van der Waals surface area contributed by atoms with Crippen LogP contribution in [0, 0.1) is 6.92 Å². The van der Waals surface area contributed by atoms with Crippen LogP contribution in [0.4, 0.5) is 0 Å². The molecule has 0 aliphatic carbocycles. The largest absolute Gasteiger partial charge is 0.380 e. The zero-order chi connectivity index (χ0) is 11.3. The molecule has 3 nitrogen and oxygen atoms in total. The third kappa shape index (κ3) is 3.98. The van der Waals surface area contributed by atoms with Crippen molar-refractivity contribution in [2.24, 2.45) is 0 Å². The van der Waals surface area contributed by atoms with Crippen molar-refractivity contribution in [3.05, 3.63) is 29.6 Å². The van der Waals surface area contributed by atoms with Gasteiger partial charge in [-0.3, -0.25) is 4.98 Å². The van der Waals surface area contributed by atoms with Gasteiger partial charge in [0, 0.05) is 25.4 Å². The van der Waals surface area contributed by atoms with Crippen molar-refractivity contribution in [3.63, 3.8) is 0 Å². The molecule has 0 aromatic carbocycles. The first-order valence-corrected chi connectivity index (χ1v) is 5.32. The zero-order valence-electron chi connectivity index (χ0n) is 9.95. The van der Waals surface area contributed by atoms with Crippen LogP contribution in [0.1, 0.15) is 25.2 Å². The number of hydrogen-bond donors (Lipinski definition) is 1. The normalized spacial score (nSPS) is 14.9. The molecule has 2 atom stereocenters. The van der Waals surface area contributed by atoms with Crippen LogP contribution in [0.15, 0.2) is 18.2 Å². The topological polar surface area (TPSA) is 34.1 Å². The Morgan fingerprint density at radius 3 is 2.73 bits per heavy atom. The zero-order valence-corrected chi connectivity index (χ0v) is 9.95. The number of hydrogen-bond acceptors (Lipinski definition) is 3. The molecule has 0 amide bonds. The van der Waals surface area contributed by atoms with Crippen molar-refractivity contribution in [2.45, 2.75) is 39.5 Å². The van der Waals surface area contributed by atoms with Crippen LogP contribution in [0.3, 0.4) is 0 Å². The quantitative estimate of drug-likeness (QED) is 0.802. The van der Waals surface area contributed by atoms with E-state index in [2.05, 4.69) is 24.1 Å². The van der Waals surface area contributed by atoms with Crippen LogP contribution < -0.4 is 5.32 Å². The van der Waals surface area contributed by atoms with Gasteiger partial charge in [-0.05, 0) is 32.9 Å². The fraction of sp³-hybridized carbons (Fsp3) is 0.583. The first kappa shape index (κ1) is 12.1. The lowest BCUT2D eigenvalue weighted by atomic mass is 10.2. The van der Waals surface area contributed by atoms with Gasteiger partial charge in [-0.2, -0.15) is 0 Å². The number of ether oxygens (including phenoxy) is 1. The molecule has 1 aromatic heterocycles. The number of rotatable bonds is 5. The minimum atomic E-state index is 0.217. The molecule has 0 bridgehead atoms. The lowest BCUT2D eigenvalue weighted by molar-refractivity contribution is 0.0881. The molecule has 1 aromatic rings. The lowest BCUT2D eigenvalue weighted by Crippen LogP contribution is -2.36. The summed E-state index contributed by atoms with van der Waals surface area (Å²) in [5.74, 6) is 0. The number of methoxy groups -OCH3 is 1. The fourth-order valence-corrected chi connectivity index (χ4v) is 1.33. The molecule has 0 radical (unpaired) electrons. The highest BCUT2D eigenvalue weighted by atomic mass is 16.5. The molecule has 84 valence electrons. The number of nitrogens with one attached hydrogen (secondary N) is 1. The highest BCUT2D eigenvalue weighted by Gasteiger charge is 2.09. The van der Waals surface area contributed by atoms with Gasteiger partial charge in [0.05, 0.1) is 11.8 Å². The van der Waals surface area contributed by atoms with Crippen molar-refractivity contribution in [1.82, 2.24) is 10.3 Å². The second-order valence-corrected chi connectivity index (χ2v) is 3.88. The molecule has 1 N–H and O–H groups in total. The van der Waals surface area contributed by atoms with Gasteiger partial charge in [0.15, 0.2) is 0 Å². The van der Waals surface area contributed by atoms with Crippen molar-refractivity contribution in [1.29, 1.82) is 0 Å². The van der Waals surface area contributed by atoms with Crippen LogP contribution in [0.2, 0.25) is 0 Å². The monoisotopic (exact) mass is 208 g/mol. The highest BCUT2D eigenvalue weighted by Crippen LogP contribution is 2.00. The molecule has 0 fully saturated rings. The molecule has 15 heavy (non-hydrogen) atoms. The fourth-order valence-electron chi connectivity index (χ4n) is 1.33. The Kier molecular flexibility index (Phi) is 4.72. The van der Waals surface area contributed by atoms with Gasteiger partial charge >= 0.3 is 0 Å². The Balaban J connectivity index is 2.43. The van der Waals surface area contributed by atoms with E-state index in [1.54, 1.807) is 7.11 Å². The second-order valence-electron chi connectivity index (χ2n) is 3.88. The maximum absolute atomic E-state index is 5.24. The summed E-state index contributed by atoms with van der Waals surface area (Å²) in [6, 6.07) is 6.40. The summed E-state index contributed by atoms with van der Waals surface area (Å²) >= 11 is 0. The molecule has 1 rings (SSSR count). The maximum atomic E-state index is 5.24. The lowest BCUT2D eigenvalue weighted by Gasteiger charge is -2.19. The van der Waals surface area contributed by atoms with Gasteiger partial charge in [-0.15, -0.1) is 0 Å². The summed E-state index contributed by atoms with van der Waals surface area (Å²) in [4.78, 5) is 4.43. The number of aryl methyl sites for hydroxylation is 1. The Morgan fingerprint density at radius 1 is 1.40 bits per heavy atom. The molecule has 0 aliphatic rings. The van der Waals surface area contributed by atoms with E-state index in [9.17, 15) is 0 Å². The van der Waals surface area contributed by atoms with E-state index in [4.69, 9.17) is 4.74 Å². The predicted molar refractivity (Wildman–Crippen MR) is 61.7 cm³/mol. The van der Waals surface area contributed by atoms with E-state index in [-0.39, 0.29) is 6.10 Å². The van der Waals surface area contributed by atoms with E-state index < -0.39 is 0 Å². The molecule has 3 heteroatoms. The van der Waals surface area contributed by atoms with Crippen LogP contribution >= 0.6 is 0 Å². The average molecular weight is 208 g/mol. The number of aromatic nitrogens is 1. The molecule has 0 saturated heterocycles. The first-order chi connectivity index (χ1) is 7.13. The first-order valence-electron chi connectivity index (χ1n) is 5.32. The van der Waals surface area contributed by atoms with E-state index >= 15 is 0 Å². The molecule has 0 spiro atoms. The standard InChI is InChI=1S/C12H20N2O/c1-9-6-5-7-12(14-9)8-13-10(2)11(3)15-4/h5-7,10-11,13H,8H2,1-4H3. The molecule has 0 saturated carbocycles. The third-order valence-electron chi connectivity index (χ3n) is 2.63. The highest BCUT2D eigenvalue weighted by molar-refractivity contribution is 5.09. The van der Waals surface area contributed by atoms with Gasteiger partial charge in [-0.1, -0.05) is 6.07 Å². The van der Waals surface area contributed by atoms with E-state index in [1.165, 1.54) is 0 Å². The summed E-state index contributed by atoms with van der Waals surface area (Å²) < 4.78 is 5.24. The van der Waals surface area contributed by atoms with Gasteiger partial charge in [0.1, 0.15) is 0 Å². The minimum absolute atomic E-state index is 0.217. The minimum Gasteiger partial charge on any atom is -0.380 e. The van der Waals surface area contributed by atoms with Crippen molar-refractivity contribution < 1.29 is 4.74 Å². The van der Waals surface area contributed by atoms with Crippen LogP contribution in [0.5, 0.6) is 0 Å². The van der Waals surface area contributed by atoms with E-state index in [0.717, 1.165) is 17.9 Å². The Morgan fingerprint density at radius 2 is 2.13 bits per heavy atom. The average Bonchev–Trinajstić information content (AvgIpc) is 2.25. The maximum Gasteiger partial charge on any atom is 0.0693 e. The Bertz CT molecular complexity index is 301. The molecular formula is C12H20N2O. The summed E-state index contributed by atoms with van der Waals surface area (Å²) in [7, 11) is 1.73. The summed E-state index contributed by atoms with van der Waals surface area (Å²) in [6.07, 6.45) is 0.217. The third-order valence-corrected chi connectivity index (χ3v) is 2.63. The van der Waals surface area contributed by atoms with E-state index in [1.807, 2.05) is 25.1 Å². The van der Waals surface area contributed by atoms with Crippen molar-refractivity contribution >= 4 is 0 Å². The van der Waals surface area contributed by atoms with Crippen molar-refractivity contribution in [2.75, 3.05) is 7.11 Å². The van der Waals surface area contributed by atoms with Crippen LogP contribution in [-0.2, 0) is 11.3 Å². The van der Waals surface area contributed by atoms with Gasteiger partial charge < -0.3 is 10.1 Å². The Hall–Kier alpha value is -0.930. The summed E-state index contributed by atoms with van der Waals surface area (Å²) in [5.41, 5.74) is 2.13. The summed E-state index contributed by atoms with van der Waals surface area (Å²) in [6.45, 7) is 6.96. The molecule has 1 heterocycles. The predicted octanol–water partition coefficient (Wildman–Crippen LogP) is 1.90. The number of pyridine rings is 1. The molecular weight excluding hydrogens is 188 g/mol. The Labute approximate surface area is 91.9 Å². The summed E-state index contributed by atoms with van der Waals surface area (Å²) in [5, 5.41) is 3.39. The smallest absolute Gasteiger partial charge is 0.0693 e. The van der Waals surface area contributed by atoms with Gasteiger partial charge in [0.2, 0.25) is 0 Å². The van der Waals surface area contributed by atoms with Crippen LogP contribution in [0.25, 0.3) is 0 Å². The molecule has 0 aliphatic heterocycles. The van der Waals surface area contributed by atoms with Crippen LogP contribution in [-0.4, -0.2) is 24.2 Å². The van der Waals surface area contributed by atoms with Gasteiger partial charge in [-0.25, -0.2) is 0 Å². The SMILES string of the molecule is COC(C)C(C)NCc1cccc(C)n1. The van der Waals surface area contributed by atoms with Crippen molar-refractivity contribution in [3.8, 4) is 0 Å². The second kappa shape index (κ2) is 5.83.